The highest BCUT2D eigenvalue weighted by molar-refractivity contribution is 7.08. The van der Waals surface area contributed by atoms with Gasteiger partial charge in [-0.25, -0.2) is 0 Å². The second-order valence-corrected chi connectivity index (χ2v) is 3.88. The van der Waals surface area contributed by atoms with Crippen LogP contribution in [0.3, 0.4) is 0 Å². The predicted molar refractivity (Wildman–Crippen MR) is 58.8 cm³/mol. The quantitative estimate of drug-likeness (QED) is 0.693. The average Bonchev–Trinajstić information content (AvgIpc) is 2.57. The van der Waals surface area contributed by atoms with Crippen molar-refractivity contribution in [3.63, 3.8) is 0 Å². The number of hydrogen-bond acceptors (Lipinski definition) is 2. The van der Waals surface area contributed by atoms with Gasteiger partial charge < -0.3 is 4.74 Å². The Kier molecular flexibility index (Phi) is 4.29. The van der Waals surface area contributed by atoms with Crippen LogP contribution in [0.15, 0.2) is 10.8 Å². The Morgan fingerprint density at radius 2 is 1.92 bits per heavy atom. The van der Waals surface area contributed by atoms with Gasteiger partial charge in [-0.15, -0.1) is 11.3 Å². The Hall–Kier alpha value is -0.500. The Balaban J connectivity index is 2.78. The molecule has 0 aliphatic rings. The van der Waals surface area contributed by atoms with E-state index in [-0.39, 0.29) is 0 Å². The Labute approximate surface area is 84.7 Å². The standard InChI is InChI=1S/C11H18OS/c1-4-9(5-2)10-7-13-8-11(10)12-6-3/h7-9H,4-6H2,1-3H3. The minimum Gasteiger partial charge on any atom is -0.493 e. The highest BCUT2D eigenvalue weighted by Gasteiger charge is 2.13. The van der Waals surface area contributed by atoms with Crippen molar-refractivity contribution in [1.29, 1.82) is 0 Å². The van der Waals surface area contributed by atoms with Crippen molar-refractivity contribution < 1.29 is 4.74 Å². The largest absolute Gasteiger partial charge is 0.493 e. The van der Waals surface area contributed by atoms with Crippen molar-refractivity contribution in [2.75, 3.05) is 6.61 Å². The van der Waals surface area contributed by atoms with Crippen LogP contribution in [0.2, 0.25) is 0 Å². The van der Waals surface area contributed by atoms with Crippen molar-refractivity contribution in [1.82, 2.24) is 0 Å². The molecule has 0 saturated carbocycles. The summed E-state index contributed by atoms with van der Waals surface area (Å²) in [5, 5.41) is 4.33. The summed E-state index contributed by atoms with van der Waals surface area (Å²) in [6.07, 6.45) is 2.40. The summed E-state index contributed by atoms with van der Waals surface area (Å²) in [5.41, 5.74) is 1.40. The summed E-state index contributed by atoms with van der Waals surface area (Å²) < 4.78 is 5.57. The molecule has 0 amide bonds. The zero-order valence-electron chi connectivity index (χ0n) is 8.67. The molecule has 0 unspecified atom stereocenters. The molecule has 0 saturated heterocycles. The number of thiophene rings is 1. The van der Waals surface area contributed by atoms with Gasteiger partial charge in [-0.3, -0.25) is 0 Å². The molecule has 0 spiro atoms. The third kappa shape index (κ3) is 2.47. The van der Waals surface area contributed by atoms with Crippen LogP contribution in [0.25, 0.3) is 0 Å². The van der Waals surface area contributed by atoms with Crippen LogP contribution in [-0.2, 0) is 0 Å². The van der Waals surface area contributed by atoms with Crippen molar-refractivity contribution in [3.05, 3.63) is 16.3 Å². The molecule has 0 radical (unpaired) electrons. The Bertz CT molecular complexity index is 238. The second kappa shape index (κ2) is 5.28. The van der Waals surface area contributed by atoms with Gasteiger partial charge in [0, 0.05) is 10.9 Å². The van der Waals surface area contributed by atoms with Crippen LogP contribution >= 0.6 is 11.3 Å². The molecule has 0 aliphatic heterocycles. The average molecular weight is 198 g/mol. The fraction of sp³-hybridized carbons (Fsp3) is 0.636. The van der Waals surface area contributed by atoms with Gasteiger partial charge in [0.05, 0.1) is 6.61 Å². The van der Waals surface area contributed by atoms with Gasteiger partial charge >= 0.3 is 0 Å². The molecule has 0 aromatic carbocycles. The molecule has 1 aromatic rings. The van der Waals surface area contributed by atoms with Crippen molar-refractivity contribution in [3.8, 4) is 5.75 Å². The maximum absolute atomic E-state index is 5.57. The molecule has 1 aromatic heterocycles. The first kappa shape index (κ1) is 10.6. The summed E-state index contributed by atoms with van der Waals surface area (Å²) in [6.45, 7) is 7.28. The molecule has 13 heavy (non-hydrogen) atoms. The van der Waals surface area contributed by atoms with Gasteiger partial charge in [0.1, 0.15) is 5.75 Å². The minimum absolute atomic E-state index is 0.674. The number of hydrogen-bond donors (Lipinski definition) is 0. The first-order chi connectivity index (χ1) is 6.33. The summed E-state index contributed by atoms with van der Waals surface area (Å²) >= 11 is 1.74. The van der Waals surface area contributed by atoms with E-state index in [1.54, 1.807) is 11.3 Å². The summed E-state index contributed by atoms with van der Waals surface area (Å²) in [4.78, 5) is 0. The molecule has 0 N–H and O–H groups in total. The summed E-state index contributed by atoms with van der Waals surface area (Å²) in [5.74, 6) is 1.77. The van der Waals surface area contributed by atoms with Crippen molar-refractivity contribution >= 4 is 11.3 Å². The maximum Gasteiger partial charge on any atom is 0.133 e. The SMILES string of the molecule is CCOc1cscc1C(CC)CC. The van der Waals surface area contributed by atoms with Gasteiger partial charge in [-0.05, 0) is 31.1 Å². The molecule has 0 atom stereocenters. The smallest absolute Gasteiger partial charge is 0.133 e. The van der Waals surface area contributed by atoms with E-state index in [4.69, 9.17) is 4.74 Å². The minimum atomic E-state index is 0.674. The van der Waals surface area contributed by atoms with Gasteiger partial charge in [0.2, 0.25) is 0 Å². The van der Waals surface area contributed by atoms with Gasteiger partial charge in [-0.2, -0.15) is 0 Å². The normalized spacial score (nSPS) is 10.8. The fourth-order valence-electron chi connectivity index (χ4n) is 1.59. The van der Waals surface area contributed by atoms with E-state index in [1.807, 2.05) is 6.92 Å². The van der Waals surface area contributed by atoms with Gasteiger partial charge in [-0.1, -0.05) is 13.8 Å². The van der Waals surface area contributed by atoms with Crippen LogP contribution in [-0.4, -0.2) is 6.61 Å². The van der Waals surface area contributed by atoms with Crippen LogP contribution < -0.4 is 4.74 Å². The molecule has 2 heteroatoms. The van der Waals surface area contributed by atoms with Crippen molar-refractivity contribution in [2.45, 2.75) is 39.5 Å². The van der Waals surface area contributed by atoms with E-state index in [2.05, 4.69) is 24.6 Å². The highest BCUT2D eigenvalue weighted by Crippen LogP contribution is 2.34. The lowest BCUT2D eigenvalue weighted by molar-refractivity contribution is 0.335. The highest BCUT2D eigenvalue weighted by atomic mass is 32.1. The molecule has 0 fully saturated rings. The predicted octanol–water partition coefficient (Wildman–Crippen LogP) is 4.05. The third-order valence-electron chi connectivity index (χ3n) is 2.38. The number of rotatable bonds is 5. The molecule has 1 heterocycles. The lowest BCUT2D eigenvalue weighted by atomic mass is 9.96. The molecule has 1 rings (SSSR count). The topological polar surface area (TPSA) is 9.23 Å². The lowest BCUT2D eigenvalue weighted by Crippen LogP contribution is -1.98. The number of ether oxygens (including phenoxy) is 1. The van der Waals surface area contributed by atoms with Crippen LogP contribution in [0, 0.1) is 0 Å². The zero-order chi connectivity index (χ0) is 9.68. The monoisotopic (exact) mass is 198 g/mol. The van der Waals surface area contributed by atoms with E-state index in [1.165, 1.54) is 18.4 Å². The molecular weight excluding hydrogens is 180 g/mol. The van der Waals surface area contributed by atoms with Crippen molar-refractivity contribution in [2.24, 2.45) is 0 Å². The van der Waals surface area contributed by atoms with Crippen LogP contribution in [0.1, 0.15) is 45.1 Å². The lowest BCUT2D eigenvalue weighted by Gasteiger charge is -2.13. The van der Waals surface area contributed by atoms with E-state index >= 15 is 0 Å². The summed E-state index contributed by atoms with van der Waals surface area (Å²) in [6, 6.07) is 0. The molecule has 1 nitrogen and oxygen atoms in total. The molecule has 0 bridgehead atoms. The second-order valence-electron chi connectivity index (χ2n) is 3.14. The van der Waals surface area contributed by atoms with Crippen LogP contribution in [0.4, 0.5) is 0 Å². The van der Waals surface area contributed by atoms with Crippen LogP contribution in [0.5, 0.6) is 5.75 Å². The summed E-state index contributed by atoms with van der Waals surface area (Å²) in [7, 11) is 0. The molecular formula is C11H18OS. The first-order valence-electron chi connectivity index (χ1n) is 5.02. The molecule has 74 valence electrons. The third-order valence-corrected chi connectivity index (χ3v) is 3.12. The van der Waals surface area contributed by atoms with E-state index in [0.717, 1.165) is 12.4 Å². The zero-order valence-corrected chi connectivity index (χ0v) is 9.49. The van der Waals surface area contributed by atoms with Gasteiger partial charge in [0.15, 0.2) is 0 Å². The van der Waals surface area contributed by atoms with Gasteiger partial charge in [0.25, 0.3) is 0 Å². The molecule has 0 aliphatic carbocycles. The Morgan fingerprint density at radius 1 is 1.23 bits per heavy atom. The van der Waals surface area contributed by atoms with E-state index < -0.39 is 0 Å². The van der Waals surface area contributed by atoms with E-state index in [0.29, 0.717) is 5.92 Å². The Morgan fingerprint density at radius 3 is 2.46 bits per heavy atom. The maximum atomic E-state index is 5.57. The first-order valence-corrected chi connectivity index (χ1v) is 5.96. The van der Waals surface area contributed by atoms with E-state index in [9.17, 15) is 0 Å². The fourth-order valence-corrected chi connectivity index (χ4v) is 2.44.